The summed E-state index contributed by atoms with van der Waals surface area (Å²) in [6.07, 6.45) is 0.896. The largest absolute Gasteiger partial charge is 0.469 e. The van der Waals surface area contributed by atoms with Crippen molar-refractivity contribution in [3.8, 4) is 0 Å². The Bertz CT molecular complexity index is 828. The first-order valence-electron chi connectivity index (χ1n) is 10.0. The molecule has 0 spiro atoms. The smallest absolute Gasteiger partial charge is 0.336 e. The molecule has 1 N–H and O–H groups in total. The van der Waals surface area contributed by atoms with E-state index in [1.807, 2.05) is 0 Å². The number of rotatable bonds is 6. The summed E-state index contributed by atoms with van der Waals surface area (Å²) >= 11 is 0. The van der Waals surface area contributed by atoms with Gasteiger partial charge in [-0.25, -0.2) is 9.59 Å². The van der Waals surface area contributed by atoms with Crippen molar-refractivity contribution in [2.75, 3.05) is 41.0 Å². The summed E-state index contributed by atoms with van der Waals surface area (Å²) in [7, 11) is 3.61. The van der Waals surface area contributed by atoms with E-state index >= 15 is 0 Å². The van der Waals surface area contributed by atoms with E-state index in [1.54, 1.807) is 13.8 Å². The summed E-state index contributed by atoms with van der Waals surface area (Å²) in [6, 6.07) is 0. The van der Waals surface area contributed by atoms with Crippen molar-refractivity contribution in [1.82, 2.24) is 10.2 Å². The molecule has 2 heterocycles. The number of nitrogens with one attached hydrogen (secondary N) is 1. The number of amides is 1. The summed E-state index contributed by atoms with van der Waals surface area (Å²) in [4.78, 5) is 63.2. The van der Waals surface area contributed by atoms with Crippen molar-refractivity contribution in [1.29, 1.82) is 0 Å². The van der Waals surface area contributed by atoms with Crippen molar-refractivity contribution < 1.29 is 42.9 Å². The van der Waals surface area contributed by atoms with Crippen LogP contribution < -0.4 is 5.32 Å². The third-order valence-electron chi connectivity index (χ3n) is 5.53. The molecule has 0 aromatic rings. The fourth-order valence-corrected chi connectivity index (χ4v) is 3.83. The van der Waals surface area contributed by atoms with E-state index in [4.69, 9.17) is 18.9 Å². The van der Waals surface area contributed by atoms with Gasteiger partial charge in [-0.3, -0.25) is 14.4 Å². The molecule has 0 radical (unpaired) electrons. The monoisotopic (exact) mass is 452 g/mol. The topological polar surface area (TPSA) is 138 Å². The maximum Gasteiger partial charge on any atom is 0.336 e. The van der Waals surface area contributed by atoms with Crippen molar-refractivity contribution in [3.63, 3.8) is 0 Å². The second kappa shape index (κ2) is 10.8. The van der Waals surface area contributed by atoms with Crippen LogP contribution in [0.2, 0.25) is 0 Å². The highest BCUT2D eigenvalue weighted by Gasteiger charge is 2.42. The first kappa shape index (κ1) is 24.9. The van der Waals surface area contributed by atoms with Crippen molar-refractivity contribution >= 4 is 29.8 Å². The molecule has 0 atom stereocenters. The summed E-state index contributed by atoms with van der Waals surface area (Å²) in [5.41, 5.74) is 0.435. The third-order valence-corrected chi connectivity index (χ3v) is 5.53. The Kier molecular flexibility index (Phi) is 8.39. The zero-order valence-electron chi connectivity index (χ0n) is 18.8. The summed E-state index contributed by atoms with van der Waals surface area (Å²) in [6.45, 7) is 3.18. The number of esters is 4. The Balaban J connectivity index is 2.13. The van der Waals surface area contributed by atoms with Gasteiger partial charge in [0.1, 0.15) is 5.92 Å². The zero-order chi connectivity index (χ0) is 24.0. The van der Waals surface area contributed by atoms with Gasteiger partial charge in [0.25, 0.3) is 5.91 Å². The molecule has 0 saturated carbocycles. The second-order valence-electron chi connectivity index (χ2n) is 7.40. The van der Waals surface area contributed by atoms with Crippen LogP contribution in [0.15, 0.2) is 22.5 Å². The lowest BCUT2D eigenvalue weighted by Crippen LogP contribution is -2.43. The lowest BCUT2D eigenvalue weighted by molar-refractivity contribution is -0.157. The number of hydrogen-bond donors (Lipinski definition) is 1. The number of ether oxygens (including phenoxy) is 4. The number of carbonyl (C=O) groups is 5. The van der Waals surface area contributed by atoms with Gasteiger partial charge in [-0.1, -0.05) is 0 Å². The lowest BCUT2D eigenvalue weighted by atomic mass is 9.85. The van der Waals surface area contributed by atoms with E-state index in [2.05, 4.69) is 5.32 Å². The quantitative estimate of drug-likeness (QED) is 0.435. The van der Waals surface area contributed by atoms with Gasteiger partial charge in [0.2, 0.25) is 0 Å². The van der Waals surface area contributed by atoms with Crippen molar-refractivity contribution in [2.45, 2.75) is 26.7 Å². The van der Waals surface area contributed by atoms with Crippen LogP contribution in [-0.2, 0) is 42.9 Å². The van der Waals surface area contributed by atoms with Gasteiger partial charge >= 0.3 is 23.9 Å². The molecule has 176 valence electrons. The first-order chi connectivity index (χ1) is 15.2. The highest BCUT2D eigenvalue weighted by Crippen LogP contribution is 2.32. The Morgan fingerprint density at radius 1 is 0.844 bits per heavy atom. The minimum atomic E-state index is -1.41. The minimum absolute atomic E-state index is 0.102. The SMILES string of the molecule is COC(=O)C1=C(C)NC(C)=C(C(=O)OC)C1C(=O)OCC(=O)N1CCC(C(=O)OC)CC1. The van der Waals surface area contributed by atoms with Crippen LogP contribution in [0.25, 0.3) is 0 Å². The van der Waals surface area contributed by atoms with Crippen LogP contribution in [0, 0.1) is 11.8 Å². The Morgan fingerprint density at radius 3 is 1.78 bits per heavy atom. The van der Waals surface area contributed by atoms with Crippen LogP contribution >= 0.6 is 0 Å². The van der Waals surface area contributed by atoms with Crippen molar-refractivity contribution in [2.24, 2.45) is 11.8 Å². The number of likely N-dealkylation sites (tertiary alicyclic amines) is 1. The maximum atomic E-state index is 13.0. The van der Waals surface area contributed by atoms with E-state index in [-0.39, 0.29) is 23.0 Å². The minimum Gasteiger partial charge on any atom is -0.469 e. The molecule has 2 rings (SSSR count). The molecule has 0 unspecified atom stereocenters. The van der Waals surface area contributed by atoms with E-state index in [1.165, 1.54) is 12.0 Å². The van der Waals surface area contributed by atoms with Gasteiger partial charge in [-0.15, -0.1) is 0 Å². The molecule has 2 aliphatic rings. The molecule has 0 aliphatic carbocycles. The second-order valence-corrected chi connectivity index (χ2v) is 7.40. The molecule has 2 aliphatic heterocycles. The normalized spacial score (nSPS) is 17.5. The Hall–Kier alpha value is -3.37. The summed E-state index contributed by atoms with van der Waals surface area (Å²) in [5.74, 6) is -5.03. The number of piperidine rings is 1. The van der Waals surface area contributed by atoms with Crippen LogP contribution in [0.3, 0.4) is 0 Å². The van der Waals surface area contributed by atoms with E-state index < -0.39 is 36.3 Å². The fourth-order valence-electron chi connectivity index (χ4n) is 3.83. The van der Waals surface area contributed by atoms with Crippen LogP contribution in [0.1, 0.15) is 26.7 Å². The molecule has 0 aromatic heterocycles. The van der Waals surface area contributed by atoms with E-state index in [0.717, 1.165) is 14.2 Å². The van der Waals surface area contributed by atoms with Gasteiger partial charge in [0.05, 0.1) is 38.4 Å². The molecule has 11 heteroatoms. The predicted octanol–water partition coefficient (Wildman–Crippen LogP) is 0.0546. The van der Waals surface area contributed by atoms with Gasteiger partial charge in [0, 0.05) is 24.5 Å². The molecule has 1 amide bonds. The molecule has 11 nitrogen and oxygen atoms in total. The number of nitrogens with zero attached hydrogens (tertiary/aromatic N) is 1. The van der Waals surface area contributed by atoms with Crippen LogP contribution in [-0.4, -0.2) is 75.7 Å². The number of carbonyl (C=O) groups excluding carboxylic acids is 5. The summed E-state index contributed by atoms with van der Waals surface area (Å²) in [5, 5.41) is 2.87. The highest BCUT2D eigenvalue weighted by molar-refractivity contribution is 6.05. The molecule has 0 aromatic carbocycles. The molecule has 32 heavy (non-hydrogen) atoms. The highest BCUT2D eigenvalue weighted by atomic mass is 16.5. The molecular weight excluding hydrogens is 424 g/mol. The number of methoxy groups -OCH3 is 3. The average molecular weight is 452 g/mol. The Labute approximate surface area is 185 Å². The standard InChI is InChI=1S/C21H28N2O9/c1-11-15(19(26)30-4)17(16(12(2)22-11)20(27)31-5)21(28)32-10-14(24)23-8-6-13(7-9-23)18(25)29-3/h13,17,22H,6-10H2,1-5H3. The predicted molar refractivity (Wildman–Crippen MR) is 108 cm³/mol. The van der Waals surface area contributed by atoms with Crippen LogP contribution in [0.5, 0.6) is 0 Å². The van der Waals surface area contributed by atoms with Crippen LogP contribution in [0.4, 0.5) is 0 Å². The third kappa shape index (κ3) is 5.27. The van der Waals surface area contributed by atoms with Crippen molar-refractivity contribution in [3.05, 3.63) is 22.5 Å². The average Bonchev–Trinajstić information content (AvgIpc) is 2.80. The number of hydrogen-bond acceptors (Lipinski definition) is 10. The lowest BCUT2D eigenvalue weighted by Gasteiger charge is -2.31. The van der Waals surface area contributed by atoms with E-state index in [0.29, 0.717) is 37.3 Å². The van der Waals surface area contributed by atoms with Gasteiger partial charge in [-0.05, 0) is 26.7 Å². The first-order valence-corrected chi connectivity index (χ1v) is 10.0. The zero-order valence-corrected chi connectivity index (χ0v) is 18.8. The van der Waals surface area contributed by atoms with Gasteiger partial charge in [-0.2, -0.15) is 0 Å². The van der Waals surface area contributed by atoms with E-state index in [9.17, 15) is 24.0 Å². The Morgan fingerprint density at radius 2 is 1.34 bits per heavy atom. The number of dihydropyridines is 1. The maximum absolute atomic E-state index is 13.0. The molecule has 1 saturated heterocycles. The number of allylic oxidation sites excluding steroid dienone is 2. The van der Waals surface area contributed by atoms with Gasteiger partial charge < -0.3 is 29.2 Å². The molecule has 1 fully saturated rings. The molecular formula is C21H28N2O9. The van der Waals surface area contributed by atoms with Gasteiger partial charge in [0.15, 0.2) is 6.61 Å². The fraction of sp³-hybridized carbons (Fsp3) is 0.571. The summed E-state index contributed by atoms with van der Waals surface area (Å²) < 4.78 is 19.5. The molecule has 0 bridgehead atoms.